The first-order chi connectivity index (χ1) is 15.9. The number of likely N-dealkylation sites (N-methyl/N-ethyl adjacent to an activating group) is 1. The van der Waals surface area contributed by atoms with Crippen molar-refractivity contribution in [2.45, 2.75) is 90.7 Å². The number of carbonyl (C=O) groups is 2. The summed E-state index contributed by atoms with van der Waals surface area (Å²) in [6.07, 6.45) is 10.7. The minimum Gasteiger partial charge on any atom is -0.444 e. The summed E-state index contributed by atoms with van der Waals surface area (Å²) in [4.78, 5) is 31.4. The van der Waals surface area contributed by atoms with Crippen molar-refractivity contribution in [3.8, 4) is 0 Å². The molecule has 5 rings (SSSR count). The monoisotopic (exact) mass is 485 g/mol. The Hall–Kier alpha value is -1.89. The first-order valence-corrected chi connectivity index (χ1v) is 13.7. The summed E-state index contributed by atoms with van der Waals surface area (Å²) >= 11 is 1.50. The van der Waals surface area contributed by atoms with Gasteiger partial charge in [0.05, 0.1) is 5.69 Å². The number of amides is 2. The molecular formula is C27H39N3O3S. The first kappa shape index (κ1) is 23.8. The maximum atomic E-state index is 12.3. The Labute approximate surface area is 207 Å². The SMILES string of the molecule is CN1C(=O)C=C[C@]2(C)[C@H]3CC[C@]4(C)[C@@H](c5csc(NC(=O)OC(C)(C)C)n5)CC[C@H]4[C@@H]3CC[C@@H]12. The zero-order valence-corrected chi connectivity index (χ0v) is 22.2. The number of thiazole rings is 1. The third kappa shape index (κ3) is 3.78. The van der Waals surface area contributed by atoms with Crippen molar-refractivity contribution >= 4 is 28.5 Å². The van der Waals surface area contributed by atoms with Gasteiger partial charge in [-0.3, -0.25) is 10.1 Å². The third-order valence-corrected chi connectivity index (χ3v) is 10.4. The van der Waals surface area contributed by atoms with E-state index in [0.29, 0.717) is 34.8 Å². The van der Waals surface area contributed by atoms with Crippen molar-refractivity contribution in [1.29, 1.82) is 0 Å². The summed E-state index contributed by atoms with van der Waals surface area (Å²) in [5.41, 5.74) is 0.917. The van der Waals surface area contributed by atoms with E-state index in [2.05, 4.69) is 30.6 Å². The van der Waals surface area contributed by atoms with E-state index >= 15 is 0 Å². The fourth-order valence-electron chi connectivity index (χ4n) is 8.12. The van der Waals surface area contributed by atoms with Crippen LogP contribution < -0.4 is 5.32 Å². The second kappa shape index (κ2) is 8.07. The van der Waals surface area contributed by atoms with Gasteiger partial charge in [0.15, 0.2) is 5.13 Å². The molecule has 0 saturated heterocycles. The molecule has 6 nitrogen and oxygen atoms in total. The summed E-state index contributed by atoms with van der Waals surface area (Å²) in [7, 11) is 1.98. The highest BCUT2D eigenvalue weighted by Gasteiger charge is 2.60. The zero-order chi connectivity index (χ0) is 24.5. The Morgan fingerprint density at radius 2 is 1.94 bits per heavy atom. The molecule has 0 bridgehead atoms. The number of aromatic nitrogens is 1. The molecule has 1 aliphatic heterocycles. The van der Waals surface area contributed by atoms with Crippen LogP contribution in [0.2, 0.25) is 0 Å². The standard InChI is InChI=1S/C27H39N3O3S/c1-25(2,3)33-24(32)29-23-28-20(15-34-23)19-9-8-17-16-7-10-21-27(5,14-12-22(31)30(21)6)18(16)11-13-26(17,19)4/h12,14-19,21H,7-11,13H2,1-6H3,(H,28,29,32)/t16-,17-,18-,19+,21+,26-,27+/m0/s1. The minimum atomic E-state index is -0.528. The highest BCUT2D eigenvalue weighted by molar-refractivity contribution is 7.13. The topological polar surface area (TPSA) is 71.5 Å². The third-order valence-electron chi connectivity index (χ3n) is 9.61. The van der Waals surface area contributed by atoms with Gasteiger partial charge >= 0.3 is 6.09 Å². The summed E-state index contributed by atoms with van der Waals surface area (Å²) in [6, 6.07) is 0.327. The molecule has 1 aromatic rings. The molecule has 7 heteroatoms. The molecule has 3 aliphatic carbocycles. The van der Waals surface area contributed by atoms with Crippen molar-refractivity contribution in [1.82, 2.24) is 9.88 Å². The van der Waals surface area contributed by atoms with Gasteiger partial charge in [-0.2, -0.15) is 0 Å². The fourth-order valence-corrected chi connectivity index (χ4v) is 8.87. The van der Waals surface area contributed by atoms with E-state index in [-0.39, 0.29) is 16.7 Å². The molecule has 3 saturated carbocycles. The van der Waals surface area contributed by atoms with Gasteiger partial charge in [-0.1, -0.05) is 19.9 Å². The smallest absolute Gasteiger partial charge is 0.413 e. The molecule has 0 aromatic carbocycles. The molecule has 0 radical (unpaired) electrons. The van der Waals surface area contributed by atoms with Crippen LogP contribution >= 0.6 is 11.3 Å². The second-order valence-corrected chi connectivity index (χ2v) is 13.4. The van der Waals surface area contributed by atoms with Crippen molar-refractivity contribution in [3.05, 3.63) is 23.2 Å². The van der Waals surface area contributed by atoms with Gasteiger partial charge in [0, 0.05) is 29.8 Å². The van der Waals surface area contributed by atoms with Crippen LogP contribution in [0.4, 0.5) is 9.93 Å². The highest BCUT2D eigenvalue weighted by Crippen LogP contribution is 2.67. The normalized spacial score (nSPS) is 39.3. The largest absolute Gasteiger partial charge is 0.444 e. The molecular weight excluding hydrogens is 446 g/mol. The van der Waals surface area contributed by atoms with Crippen LogP contribution in [0.25, 0.3) is 0 Å². The summed E-state index contributed by atoms with van der Waals surface area (Å²) in [6.45, 7) is 10.5. The van der Waals surface area contributed by atoms with E-state index in [1.807, 2.05) is 38.8 Å². The number of hydrogen-bond acceptors (Lipinski definition) is 5. The first-order valence-electron chi connectivity index (χ1n) is 12.8. The molecule has 34 heavy (non-hydrogen) atoms. The number of rotatable bonds is 2. The molecule has 4 aliphatic rings. The van der Waals surface area contributed by atoms with Gasteiger partial charge in [-0.25, -0.2) is 9.78 Å². The van der Waals surface area contributed by atoms with Crippen LogP contribution in [0.1, 0.15) is 84.8 Å². The van der Waals surface area contributed by atoms with Crippen LogP contribution in [-0.4, -0.2) is 40.6 Å². The summed E-state index contributed by atoms with van der Waals surface area (Å²) in [5.74, 6) is 2.61. The Balaban J connectivity index is 1.34. The van der Waals surface area contributed by atoms with Crippen molar-refractivity contribution in [2.24, 2.45) is 28.6 Å². The molecule has 2 amide bonds. The zero-order valence-electron chi connectivity index (χ0n) is 21.4. The lowest BCUT2D eigenvalue weighted by atomic mass is 9.47. The van der Waals surface area contributed by atoms with Gasteiger partial charge in [0.1, 0.15) is 5.60 Å². The van der Waals surface area contributed by atoms with E-state index in [4.69, 9.17) is 9.72 Å². The predicted molar refractivity (Wildman–Crippen MR) is 135 cm³/mol. The number of nitrogens with one attached hydrogen (secondary N) is 1. The fraction of sp³-hybridized carbons (Fsp3) is 0.741. The predicted octanol–water partition coefficient (Wildman–Crippen LogP) is 6.21. The Bertz CT molecular complexity index is 1010. The number of anilines is 1. The molecule has 3 fully saturated rings. The lowest BCUT2D eigenvalue weighted by Gasteiger charge is -2.60. The Morgan fingerprint density at radius 3 is 2.68 bits per heavy atom. The number of ether oxygens (including phenoxy) is 1. The van der Waals surface area contributed by atoms with Crippen molar-refractivity contribution in [3.63, 3.8) is 0 Å². The van der Waals surface area contributed by atoms with Crippen LogP contribution in [0.5, 0.6) is 0 Å². The molecule has 2 heterocycles. The second-order valence-electron chi connectivity index (χ2n) is 12.5. The van der Waals surface area contributed by atoms with Gasteiger partial charge in [-0.15, -0.1) is 11.3 Å². The van der Waals surface area contributed by atoms with E-state index in [1.54, 1.807) is 0 Å². The van der Waals surface area contributed by atoms with Crippen molar-refractivity contribution < 1.29 is 14.3 Å². The maximum Gasteiger partial charge on any atom is 0.413 e. The molecule has 1 aromatic heterocycles. The van der Waals surface area contributed by atoms with Crippen molar-refractivity contribution in [2.75, 3.05) is 12.4 Å². The minimum absolute atomic E-state index is 0.0795. The lowest BCUT2D eigenvalue weighted by molar-refractivity contribution is -0.138. The molecule has 7 atom stereocenters. The molecule has 1 N–H and O–H groups in total. The van der Waals surface area contributed by atoms with Gasteiger partial charge < -0.3 is 9.64 Å². The van der Waals surface area contributed by atoms with Crippen LogP contribution in [0.15, 0.2) is 17.5 Å². The number of fused-ring (bicyclic) bond motifs is 5. The lowest BCUT2D eigenvalue weighted by Crippen LogP contribution is -2.59. The van der Waals surface area contributed by atoms with E-state index < -0.39 is 11.7 Å². The highest BCUT2D eigenvalue weighted by atomic mass is 32.1. The summed E-state index contributed by atoms with van der Waals surface area (Å²) < 4.78 is 5.39. The van der Waals surface area contributed by atoms with Gasteiger partial charge in [-0.05, 0) is 88.5 Å². The number of nitrogens with zero attached hydrogens (tertiary/aromatic N) is 2. The quantitative estimate of drug-likeness (QED) is 0.540. The number of carbonyl (C=O) groups excluding carboxylic acids is 2. The summed E-state index contributed by atoms with van der Waals surface area (Å²) in [5, 5.41) is 5.58. The maximum absolute atomic E-state index is 12.3. The van der Waals surface area contributed by atoms with E-state index in [0.717, 1.165) is 18.5 Å². The average Bonchev–Trinajstić information content (AvgIpc) is 3.33. The molecule has 186 valence electrons. The van der Waals surface area contributed by atoms with Crippen LogP contribution in [0.3, 0.4) is 0 Å². The van der Waals surface area contributed by atoms with Crippen LogP contribution in [-0.2, 0) is 9.53 Å². The van der Waals surface area contributed by atoms with Gasteiger partial charge in [0.25, 0.3) is 0 Å². The number of hydrogen-bond donors (Lipinski definition) is 1. The van der Waals surface area contributed by atoms with Gasteiger partial charge in [0.2, 0.25) is 5.91 Å². The van der Waals surface area contributed by atoms with E-state index in [9.17, 15) is 9.59 Å². The average molecular weight is 486 g/mol. The Kier molecular flexibility index (Phi) is 5.66. The molecule has 0 unspecified atom stereocenters. The van der Waals surface area contributed by atoms with E-state index in [1.165, 1.54) is 37.0 Å². The molecule has 0 spiro atoms. The van der Waals surface area contributed by atoms with Crippen LogP contribution in [0, 0.1) is 28.6 Å². The Morgan fingerprint density at radius 1 is 1.18 bits per heavy atom.